The molecule has 6 nitrogen and oxygen atoms in total. The van der Waals surface area contributed by atoms with Crippen molar-refractivity contribution in [3.63, 3.8) is 0 Å². The van der Waals surface area contributed by atoms with E-state index in [9.17, 15) is 13.2 Å². The summed E-state index contributed by atoms with van der Waals surface area (Å²) in [6, 6.07) is 4.40. The van der Waals surface area contributed by atoms with Crippen LogP contribution in [0, 0.1) is 11.8 Å². The molecule has 134 valence electrons. The van der Waals surface area contributed by atoms with Gasteiger partial charge in [0.15, 0.2) is 0 Å². The first kappa shape index (κ1) is 18.7. The quantitative estimate of drug-likeness (QED) is 0.851. The molecule has 1 aliphatic rings. The Morgan fingerprint density at radius 2 is 1.96 bits per heavy atom. The zero-order valence-corrected chi connectivity index (χ0v) is 15.4. The van der Waals surface area contributed by atoms with Gasteiger partial charge < -0.3 is 10.1 Å². The third-order valence-corrected chi connectivity index (χ3v) is 6.29. The summed E-state index contributed by atoms with van der Waals surface area (Å²) in [5.74, 6) is 0.924. The van der Waals surface area contributed by atoms with E-state index in [0.29, 0.717) is 23.3 Å². The molecule has 0 aromatic heterocycles. The molecule has 0 unspecified atom stereocenters. The van der Waals surface area contributed by atoms with Crippen LogP contribution in [0.15, 0.2) is 23.1 Å². The first-order valence-corrected chi connectivity index (χ1v) is 9.71. The zero-order chi connectivity index (χ0) is 17.9. The van der Waals surface area contributed by atoms with E-state index in [-0.39, 0.29) is 16.8 Å². The summed E-state index contributed by atoms with van der Waals surface area (Å²) < 4.78 is 33.4. The Labute approximate surface area is 144 Å². The van der Waals surface area contributed by atoms with Crippen molar-refractivity contribution in [3.05, 3.63) is 18.2 Å². The van der Waals surface area contributed by atoms with Crippen LogP contribution in [0.25, 0.3) is 0 Å². The summed E-state index contributed by atoms with van der Waals surface area (Å²) in [7, 11) is -2.19. The van der Waals surface area contributed by atoms with Crippen molar-refractivity contribution in [1.82, 2.24) is 4.72 Å². The number of carbonyl (C=O) groups is 1. The number of amides is 1. The minimum absolute atomic E-state index is 0.0648. The molecule has 0 saturated heterocycles. The number of benzene rings is 1. The molecule has 1 fully saturated rings. The van der Waals surface area contributed by atoms with Gasteiger partial charge in [0.05, 0.1) is 17.7 Å². The van der Waals surface area contributed by atoms with Gasteiger partial charge in [-0.2, -0.15) is 0 Å². The standard InChI is InChI=1S/C17H26N2O4S/c1-11-6-5-7-15(12(11)2)19-24(21,22)14-8-9-17(23-4)16(10-14)18-13(3)20/h8-12,15,19H,5-7H2,1-4H3,(H,18,20)/t11-,12-,15-/m1/s1. The molecule has 1 aromatic rings. The summed E-state index contributed by atoms with van der Waals surface area (Å²) in [4.78, 5) is 11.4. The highest BCUT2D eigenvalue weighted by Gasteiger charge is 2.31. The van der Waals surface area contributed by atoms with Crippen LogP contribution in [-0.4, -0.2) is 27.5 Å². The smallest absolute Gasteiger partial charge is 0.240 e. The number of hydrogen-bond donors (Lipinski definition) is 2. The molecule has 1 amide bonds. The molecule has 3 atom stereocenters. The van der Waals surface area contributed by atoms with E-state index in [4.69, 9.17) is 4.74 Å². The zero-order valence-electron chi connectivity index (χ0n) is 14.6. The van der Waals surface area contributed by atoms with E-state index in [1.807, 2.05) is 0 Å². The Morgan fingerprint density at radius 3 is 2.58 bits per heavy atom. The number of methoxy groups -OCH3 is 1. The van der Waals surface area contributed by atoms with Gasteiger partial charge in [0, 0.05) is 13.0 Å². The van der Waals surface area contributed by atoms with Crippen molar-refractivity contribution in [2.45, 2.75) is 51.0 Å². The van der Waals surface area contributed by atoms with E-state index in [2.05, 4.69) is 23.9 Å². The van der Waals surface area contributed by atoms with Crippen LogP contribution in [-0.2, 0) is 14.8 Å². The van der Waals surface area contributed by atoms with E-state index in [1.165, 1.54) is 26.2 Å². The summed E-state index contributed by atoms with van der Waals surface area (Å²) in [5, 5.41) is 2.60. The fourth-order valence-electron chi connectivity index (χ4n) is 3.16. The number of hydrogen-bond acceptors (Lipinski definition) is 4. The Hall–Kier alpha value is -1.60. The van der Waals surface area contributed by atoms with Gasteiger partial charge in [0.25, 0.3) is 0 Å². The average Bonchev–Trinajstić information content (AvgIpc) is 2.51. The maximum Gasteiger partial charge on any atom is 0.240 e. The Morgan fingerprint density at radius 1 is 1.25 bits per heavy atom. The van der Waals surface area contributed by atoms with Crippen LogP contribution >= 0.6 is 0 Å². The van der Waals surface area contributed by atoms with Gasteiger partial charge in [-0.25, -0.2) is 13.1 Å². The van der Waals surface area contributed by atoms with Gasteiger partial charge in [-0.15, -0.1) is 0 Å². The predicted octanol–water partition coefficient (Wildman–Crippen LogP) is 2.76. The first-order valence-electron chi connectivity index (χ1n) is 8.22. The minimum Gasteiger partial charge on any atom is -0.495 e. The van der Waals surface area contributed by atoms with Crippen LogP contribution in [0.4, 0.5) is 5.69 Å². The lowest BCUT2D eigenvalue weighted by molar-refractivity contribution is -0.114. The second-order valence-electron chi connectivity index (χ2n) is 6.54. The molecule has 2 N–H and O–H groups in total. The first-order chi connectivity index (χ1) is 11.2. The highest BCUT2D eigenvalue weighted by atomic mass is 32.2. The van der Waals surface area contributed by atoms with Crippen molar-refractivity contribution in [3.8, 4) is 5.75 Å². The minimum atomic E-state index is -3.66. The number of anilines is 1. The summed E-state index contributed by atoms with van der Waals surface area (Å²) >= 11 is 0. The molecule has 2 rings (SSSR count). The molecule has 0 radical (unpaired) electrons. The lowest BCUT2D eigenvalue weighted by Crippen LogP contribution is -2.43. The number of rotatable bonds is 5. The molecule has 24 heavy (non-hydrogen) atoms. The lowest BCUT2D eigenvalue weighted by Gasteiger charge is -2.34. The number of nitrogens with one attached hydrogen (secondary N) is 2. The second-order valence-corrected chi connectivity index (χ2v) is 8.25. The van der Waals surface area contributed by atoms with E-state index >= 15 is 0 Å². The Bertz CT molecular complexity index is 703. The number of ether oxygens (including phenoxy) is 1. The number of sulfonamides is 1. The topological polar surface area (TPSA) is 84.5 Å². The van der Waals surface area contributed by atoms with Crippen LogP contribution in [0.3, 0.4) is 0 Å². The fourth-order valence-corrected chi connectivity index (χ4v) is 4.54. The Balaban J connectivity index is 2.27. The predicted molar refractivity (Wildman–Crippen MR) is 93.6 cm³/mol. The normalized spacial score (nSPS) is 24.4. The molecule has 0 aliphatic heterocycles. The average molecular weight is 354 g/mol. The van der Waals surface area contributed by atoms with Gasteiger partial charge in [0.2, 0.25) is 15.9 Å². The molecule has 1 aromatic carbocycles. The summed E-state index contributed by atoms with van der Waals surface area (Å²) in [6.45, 7) is 5.62. The number of carbonyl (C=O) groups excluding carboxylic acids is 1. The fraction of sp³-hybridized carbons (Fsp3) is 0.588. The van der Waals surface area contributed by atoms with Crippen molar-refractivity contribution in [1.29, 1.82) is 0 Å². The highest BCUT2D eigenvalue weighted by Crippen LogP contribution is 2.32. The van der Waals surface area contributed by atoms with E-state index in [1.54, 1.807) is 6.07 Å². The van der Waals surface area contributed by atoms with Gasteiger partial charge in [-0.3, -0.25) is 4.79 Å². The molecule has 1 aliphatic carbocycles. The summed E-state index contributed by atoms with van der Waals surface area (Å²) in [5.41, 5.74) is 0.345. The molecular weight excluding hydrogens is 328 g/mol. The third kappa shape index (κ3) is 4.27. The lowest BCUT2D eigenvalue weighted by atomic mass is 9.78. The maximum atomic E-state index is 12.7. The van der Waals surface area contributed by atoms with Gasteiger partial charge >= 0.3 is 0 Å². The molecule has 0 bridgehead atoms. The largest absolute Gasteiger partial charge is 0.495 e. The van der Waals surface area contributed by atoms with Gasteiger partial charge in [-0.1, -0.05) is 26.7 Å². The molecule has 0 heterocycles. The molecule has 7 heteroatoms. The van der Waals surface area contributed by atoms with Crippen LogP contribution < -0.4 is 14.8 Å². The maximum absolute atomic E-state index is 12.7. The van der Waals surface area contributed by atoms with Crippen molar-refractivity contribution >= 4 is 21.6 Å². The van der Waals surface area contributed by atoms with Crippen molar-refractivity contribution in [2.24, 2.45) is 11.8 Å². The SMILES string of the molecule is COc1ccc(S(=O)(=O)N[C@@H]2CCC[C@@H](C)[C@H]2C)cc1NC(C)=O. The Kier molecular flexibility index (Phi) is 5.87. The van der Waals surface area contributed by atoms with Crippen LogP contribution in [0.1, 0.15) is 40.0 Å². The molecular formula is C17H26N2O4S. The van der Waals surface area contributed by atoms with Crippen molar-refractivity contribution in [2.75, 3.05) is 12.4 Å². The van der Waals surface area contributed by atoms with E-state index in [0.717, 1.165) is 19.3 Å². The monoisotopic (exact) mass is 354 g/mol. The summed E-state index contributed by atoms with van der Waals surface area (Å²) in [6.07, 6.45) is 3.01. The van der Waals surface area contributed by atoms with Crippen molar-refractivity contribution < 1.29 is 17.9 Å². The van der Waals surface area contributed by atoms with Crippen LogP contribution in [0.2, 0.25) is 0 Å². The second kappa shape index (κ2) is 7.53. The van der Waals surface area contributed by atoms with E-state index < -0.39 is 10.0 Å². The molecule has 1 saturated carbocycles. The third-order valence-electron chi connectivity index (χ3n) is 4.81. The van der Waals surface area contributed by atoms with Crippen LogP contribution in [0.5, 0.6) is 5.75 Å². The molecule has 0 spiro atoms. The van der Waals surface area contributed by atoms with Gasteiger partial charge in [-0.05, 0) is 36.5 Å². The highest BCUT2D eigenvalue weighted by molar-refractivity contribution is 7.89. The van der Waals surface area contributed by atoms with Gasteiger partial charge in [0.1, 0.15) is 5.75 Å².